The third-order valence-electron chi connectivity index (χ3n) is 2.41. The maximum absolute atomic E-state index is 8.64. The zero-order valence-corrected chi connectivity index (χ0v) is 10.4. The fraction of sp³-hybridized carbons (Fsp3) is 0.154. The van der Waals surface area contributed by atoms with E-state index in [9.17, 15) is 0 Å². The molecule has 0 saturated carbocycles. The number of aryl methyl sites for hydroxylation is 1. The summed E-state index contributed by atoms with van der Waals surface area (Å²) in [5.41, 5.74) is 6.86. The van der Waals surface area contributed by atoms with E-state index in [1.165, 1.54) is 6.07 Å². The van der Waals surface area contributed by atoms with Crippen LogP contribution in [0.1, 0.15) is 17.1 Å². The van der Waals surface area contributed by atoms with Gasteiger partial charge in [0.1, 0.15) is 18.1 Å². The van der Waals surface area contributed by atoms with Crippen LogP contribution in [0, 0.1) is 6.92 Å². The van der Waals surface area contributed by atoms with Gasteiger partial charge in [0.2, 0.25) is 5.88 Å². The highest BCUT2D eigenvalue weighted by molar-refractivity contribution is 5.95. The molecule has 0 spiro atoms. The molecule has 19 heavy (non-hydrogen) atoms. The predicted molar refractivity (Wildman–Crippen MR) is 70.1 cm³/mol. The van der Waals surface area contributed by atoms with Crippen molar-refractivity contribution in [1.82, 2.24) is 9.97 Å². The molecule has 0 unspecified atom stereocenters. The van der Waals surface area contributed by atoms with Gasteiger partial charge in [0.15, 0.2) is 5.84 Å². The van der Waals surface area contributed by atoms with Crippen molar-refractivity contribution in [2.45, 2.75) is 13.5 Å². The molecule has 1 aromatic heterocycles. The summed E-state index contributed by atoms with van der Waals surface area (Å²) >= 11 is 0. The van der Waals surface area contributed by atoms with E-state index in [0.717, 1.165) is 5.56 Å². The first-order valence-corrected chi connectivity index (χ1v) is 5.69. The van der Waals surface area contributed by atoms with Gasteiger partial charge in [-0.05, 0) is 12.5 Å². The molecule has 0 aliphatic rings. The highest BCUT2D eigenvalue weighted by Crippen LogP contribution is 2.11. The summed E-state index contributed by atoms with van der Waals surface area (Å²) in [5.74, 6) is 0.806. The molecule has 6 nitrogen and oxygen atoms in total. The Hall–Kier alpha value is -2.63. The average molecular weight is 258 g/mol. The fourth-order valence-corrected chi connectivity index (χ4v) is 1.53. The second-order valence-electron chi connectivity index (χ2n) is 3.90. The Bertz CT molecular complexity index is 584. The van der Waals surface area contributed by atoms with Crippen LogP contribution >= 0.6 is 0 Å². The molecular weight excluding hydrogens is 244 g/mol. The minimum absolute atomic E-state index is 0.0740. The van der Waals surface area contributed by atoms with Gasteiger partial charge in [-0.1, -0.05) is 35.5 Å². The lowest BCUT2D eigenvalue weighted by Gasteiger charge is -2.07. The zero-order valence-electron chi connectivity index (χ0n) is 10.4. The molecule has 0 fully saturated rings. The van der Waals surface area contributed by atoms with Crippen molar-refractivity contribution in [1.29, 1.82) is 0 Å². The SMILES string of the molecule is Cc1nc(OCc2ccccc2)cc(/C(N)=N/O)n1. The van der Waals surface area contributed by atoms with Crippen LogP contribution in [-0.2, 0) is 6.61 Å². The topological polar surface area (TPSA) is 93.6 Å². The van der Waals surface area contributed by atoms with E-state index >= 15 is 0 Å². The Kier molecular flexibility index (Phi) is 3.92. The van der Waals surface area contributed by atoms with E-state index in [0.29, 0.717) is 24.0 Å². The Morgan fingerprint density at radius 3 is 2.74 bits per heavy atom. The molecule has 0 atom stereocenters. The predicted octanol–water partition coefficient (Wildman–Crippen LogP) is 1.46. The minimum Gasteiger partial charge on any atom is -0.473 e. The second kappa shape index (κ2) is 5.81. The molecule has 6 heteroatoms. The number of amidine groups is 1. The number of benzene rings is 1. The van der Waals surface area contributed by atoms with Crippen molar-refractivity contribution < 1.29 is 9.94 Å². The van der Waals surface area contributed by atoms with Crippen molar-refractivity contribution in [3.05, 3.63) is 53.5 Å². The smallest absolute Gasteiger partial charge is 0.217 e. The maximum atomic E-state index is 8.64. The molecule has 1 heterocycles. The Morgan fingerprint density at radius 1 is 1.32 bits per heavy atom. The van der Waals surface area contributed by atoms with Crippen molar-refractivity contribution in [3.8, 4) is 5.88 Å². The Balaban J connectivity index is 2.14. The van der Waals surface area contributed by atoms with E-state index in [1.54, 1.807) is 6.92 Å². The molecule has 0 aliphatic heterocycles. The van der Waals surface area contributed by atoms with E-state index in [4.69, 9.17) is 15.7 Å². The molecule has 0 aliphatic carbocycles. The number of ether oxygens (including phenoxy) is 1. The zero-order chi connectivity index (χ0) is 13.7. The van der Waals surface area contributed by atoms with Crippen LogP contribution in [0.25, 0.3) is 0 Å². The summed E-state index contributed by atoms with van der Waals surface area (Å²) in [7, 11) is 0. The van der Waals surface area contributed by atoms with Gasteiger partial charge in [-0.25, -0.2) is 4.98 Å². The second-order valence-corrected chi connectivity index (χ2v) is 3.90. The molecule has 0 amide bonds. The van der Waals surface area contributed by atoms with Gasteiger partial charge in [0.25, 0.3) is 0 Å². The summed E-state index contributed by atoms with van der Waals surface area (Å²) < 4.78 is 5.56. The van der Waals surface area contributed by atoms with Gasteiger partial charge in [0, 0.05) is 6.07 Å². The maximum Gasteiger partial charge on any atom is 0.217 e. The molecule has 2 aromatic rings. The van der Waals surface area contributed by atoms with Crippen LogP contribution in [0.2, 0.25) is 0 Å². The third-order valence-corrected chi connectivity index (χ3v) is 2.41. The van der Waals surface area contributed by atoms with Crippen LogP contribution in [0.3, 0.4) is 0 Å². The standard InChI is InChI=1S/C13H14N4O2/c1-9-15-11(13(14)17-18)7-12(16-9)19-8-10-5-3-2-4-6-10/h2-7,18H,8H2,1H3,(H2,14,17). The number of nitrogens with zero attached hydrogens (tertiary/aromatic N) is 3. The van der Waals surface area contributed by atoms with Crippen molar-refractivity contribution in [2.75, 3.05) is 0 Å². The molecular formula is C13H14N4O2. The normalized spacial score (nSPS) is 11.3. The summed E-state index contributed by atoms with van der Waals surface area (Å²) in [6.45, 7) is 2.11. The summed E-state index contributed by atoms with van der Waals surface area (Å²) in [6, 6.07) is 11.3. The lowest BCUT2D eigenvalue weighted by molar-refractivity contribution is 0.292. The largest absolute Gasteiger partial charge is 0.473 e. The van der Waals surface area contributed by atoms with Crippen LogP contribution < -0.4 is 10.5 Å². The summed E-state index contributed by atoms with van der Waals surface area (Å²) in [4.78, 5) is 8.19. The van der Waals surface area contributed by atoms with Crippen molar-refractivity contribution >= 4 is 5.84 Å². The number of nitrogens with two attached hydrogens (primary N) is 1. The average Bonchev–Trinajstić information content (AvgIpc) is 2.45. The number of aromatic nitrogens is 2. The van der Waals surface area contributed by atoms with Gasteiger partial charge in [0.05, 0.1) is 0 Å². The Labute approximate surface area is 110 Å². The minimum atomic E-state index is -0.0740. The van der Waals surface area contributed by atoms with Crippen LogP contribution in [0.4, 0.5) is 0 Å². The molecule has 3 N–H and O–H groups in total. The fourth-order valence-electron chi connectivity index (χ4n) is 1.53. The number of hydrogen-bond donors (Lipinski definition) is 2. The van der Waals surface area contributed by atoms with E-state index in [2.05, 4.69) is 15.1 Å². The van der Waals surface area contributed by atoms with Gasteiger partial charge in [-0.3, -0.25) is 0 Å². The lowest BCUT2D eigenvalue weighted by Crippen LogP contribution is -2.16. The quantitative estimate of drug-likeness (QED) is 0.375. The van der Waals surface area contributed by atoms with Gasteiger partial charge < -0.3 is 15.7 Å². The molecule has 0 saturated heterocycles. The molecule has 0 bridgehead atoms. The first-order chi connectivity index (χ1) is 9.19. The summed E-state index contributed by atoms with van der Waals surface area (Å²) in [5, 5.41) is 11.5. The first kappa shape index (κ1) is 12.8. The number of rotatable bonds is 4. The van der Waals surface area contributed by atoms with E-state index in [1.807, 2.05) is 30.3 Å². The molecule has 0 radical (unpaired) electrons. The van der Waals surface area contributed by atoms with Crippen LogP contribution in [0.5, 0.6) is 5.88 Å². The highest BCUT2D eigenvalue weighted by atomic mass is 16.5. The van der Waals surface area contributed by atoms with E-state index in [-0.39, 0.29) is 5.84 Å². The van der Waals surface area contributed by atoms with Crippen LogP contribution in [0.15, 0.2) is 41.6 Å². The molecule has 98 valence electrons. The van der Waals surface area contributed by atoms with Gasteiger partial charge in [-0.2, -0.15) is 4.98 Å². The first-order valence-electron chi connectivity index (χ1n) is 5.69. The molecule has 1 aromatic carbocycles. The summed E-state index contributed by atoms with van der Waals surface area (Å²) in [6.07, 6.45) is 0. The number of oxime groups is 1. The van der Waals surface area contributed by atoms with Gasteiger partial charge in [-0.15, -0.1) is 0 Å². The van der Waals surface area contributed by atoms with Crippen LogP contribution in [-0.4, -0.2) is 21.0 Å². The number of hydrogen-bond acceptors (Lipinski definition) is 5. The lowest BCUT2D eigenvalue weighted by atomic mass is 10.2. The van der Waals surface area contributed by atoms with Crippen molar-refractivity contribution in [3.63, 3.8) is 0 Å². The van der Waals surface area contributed by atoms with Crippen molar-refractivity contribution in [2.24, 2.45) is 10.9 Å². The Morgan fingerprint density at radius 2 is 2.05 bits per heavy atom. The monoisotopic (exact) mass is 258 g/mol. The van der Waals surface area contributed by atoms with E-state index < -0.39 is 0 Å². The molecule has 2 rings (SSSR count). The highest BCUT2D eigenvalue weighted by Gasteiger charge is 2.07. The third kappa shape index (κ3) is 3.41. The van der Waals surface area contributed by atoms with Gasteiger partial charge >= 0.3 is 0 Å².